The lowest BCUT2D eigenvalue weighted by molar-refractivity contribution is 0.0758. The largest absolute Gasteiger partial charge is 0.497 e. The fraction of sp³-hybridized carbons (Fsp3) is 0.458. The van der Waals surface area contributed by atoms with Crippen LogP contribution in [0.3, 0.4) is 0 Å². The van der Waals surface area contributed by atoms with Crippen molar-refractivity contribution >= 4 is 27.7 Å². The highest BCUT2D eigenvalue weighted by Crippen LogP contribution is 2.31. The maximum Gasteiger partial charge on any atom is 0.255 e. The number of sulfonamides is 1. The molecule has 9 heteroatoms. The maximum absolute atomic E-state index is 13.3. The van der Waals surface area contributed by atoms with Gasteiger partial charge < -0.3 is 14.4 Å². The summed E-state index contributed by atoms with van der Waals surface area (Å²) in [5.41, 5.74) is 1.08. The summed E-state index contributed by atoms with van der Waals surface area (Å²) < 4.78 is 39.9. The third-order valence-corrected chi connectivity index (χ3v) is 8.17. The molecule has 1 saturated heterocycles. The van der Waals surface area contributed by atoms with Gasteiger partial charge in [0, 0.05) is 29.6 Å². The average molecular weight is 493 g/mol. The van der Waals surface area contributed by atoms with E-state index in [0.29, 0.717) is 35.7 Å². The number of benzene rings is 2. The van der Waals surface area contributed by atoms with Crippen LogP contribution in [-0.4, -0.2) is 52.8 Å². The van der Waals surface area contributed by atoms with Gasteiger partial charge in [0.1, 0.15) is 11.5 Å². The van der Waals surface area contributed by atoms with Crippen LogP contribution in [0.15, 0.2) is 46.2 Å². The second kappa shape index (κ2) is 11.3. The van der Waals surface area contributed by atoms with E-state index in [2.05, 4.69) is 4.72 Å². The molecule has 7 nitrogen and oxygen atoms in total. The van der Waals surface area contributed by atoms with Gasteiger partial charge >= 0.3 is 0 Å². The zero-order valence-electron chi connectivity index (χ0n) is 19.6. The molecule has 1 atom stereocenters. The number of likely N-dealkylation sites (tertiary alicyclic amines) is 1. The predicted octanol–water partition coefficient (Wildman–Crippen LogP) is 4.48. The summed E-state index contributed by atoms with van der Waals surface area (Å²) in [6.07, 6.45) is 6.06. The number of nitrogens with one attached hydrogen (secondary N) is 1. The van der Waals surface area contributed by atoms with Gasteiger partial charge in [-0.1, -0.05) is 12.8 Å². The van der Waals surface area contributed by atoms with Crippen LogP contribution in [-0.2, 0) is 10.0 Å². The summed E-state index contributed by atoms with van der Waals surface area (Å²) >= 11 is 1.44. The van der Waals surface area contributed by atoms with Crippen LogP contribution in [0.1, 0.15) is 54.6 Å². The summed E-state index contributed by atoms with van der Waals surface area (Å²) in [6, 6.07) is 9.42. The van der Waals surface area contributed by atoms with Gasteiger partial charge in [0.25, 0.3) is 5.91 Å². The monoisotopic (exact) mass is 492 g/mol. The Kier molecular flexibility index (Phi) is 8.67. The Morgan fingerprint density at radius 1 is 1.03 bits per heavy atom. The highest BCUT2D eigenvalue weighted by atomic mass is 32.2. The van der Waals surface area contributed by atoms with Gasteiger partial charge in [0.05, 0.1) is 24.7 Å². The topological polar surface area (TPSA) is 84.9 Å². The Hall–Kier alpha value is -2.23. The van der Waals surface area contributed by atoms with Gasteiger partial charge in [-0.3, -0.25) is 4.79 Å². The Labute approximate surface area is 200 Å². The Balaban J connectivity index is 1.90. The number of carbonyl (C=O) groups excluding carboxylic acids is 1. The molecule has 33 heavy (non-hydrogen) atoms. The number of thioether (sulfide) groups is 1. The van der Waals surface area contributed by atoms with Crippen molar-refractivity contribution in [3.05, 3.63) is 47.5 Å². The molecule has 0 aromatic heterocycles. The van der Waals surface area contributed by atoms with Gasteiger partial charge in [-0.05, 0) is 62.4 Å². The van der Waals surface area contributed by atoms with Gasteiger partial charge in [0.15, 0.2) is 0 Å². The lowest BCUT2D eigenvalue weighted by Gasteiger charge is -2.22. The molecule has 180 valence electrons. The lowest BCUT2D eigenvalue weighted by Crippen LogP contribution is -2.32. The second-order valence-electron chi connectivity index (χ2n) is 8.02. The average Bonchev–Trinajstić information content (AvgIpc) is 3.12. The van der Waals surface area contributed by atoms with Crippen molar-refractivity contribution in [1.82, 2.24) is 9.62 Å². The van der Waals surface area contributed by atoms with E-state index >= 15 is 0 Å². The Bertz CT molecular complexity index is 1080. The number of methoxy groups -OCH3 is 2. The van der Waals surface area contributed by atoms with Crippen molar-refractivity contribution in [3.63, 3.8) is 0 Å². The highest BCUT2D eigenvalue weighted by Gasteiger charge is 2.25. The number of rotatable bonds is 8. The van der Waals surface area contributed by atoms with Crippen molar-refractivity contribution in [3.8, 4) is 11.5 Å². The number of ether oxygens (including phenoxy) is 2. The Morgan fingerprint density at radius 3 is 2.33 bits per heavy atom. The first-order valence-corrected chi connectivity index (χ1v) is 13.7. The minimum Gasteiger partial charge on any atom is -0.497 e. The van der Waals surface area contributed by atoms with Crippen LogP contribution in [0, 0.1) is 0 Å². The molecule has 1 amide bonds. The first-order valence-electron chi connectivity index (χ1n) is 11.0. The SMILES string of the molecule is COc1ccc(OC)c([C@@H](C)NS(=O)(=O)c2ccc(SC)c(C(=O)N3CCCCCC3)c2)c1. The zero-order valence-corrected chi connectivity index (χ0v) is 21.2. The molecular weight excluding hydrogens is 460 g/mol. The van der Waals surface area contributed by atoms with E-state index in [4.69, 9.17) is 9.47 Å². The van der Waals surface area contributed by atoms with Crippen molar-refractivity contribution in [2.45, 2.75) is 48.4 Å². The smallest absolute Gasteiger partial charge is 0.255 e. The zero-order chi connectivity index (χ0) is 24.0. The van der Waals surface area contributed by atoms with Crippen molar-refractivity contribution in [1.29, 1.82) is 0 Å². The molecular formula is C24H32N2O5S2. The molecule has 1 N–H and O–H groups in total. The van der Waals surface area contributed by atoms with Crippen LogP contribution >= 0.6 is 11.8 Å². The molecule has 1 aliphatic rings. The molecule has 1 heterocycles. The van der Waals surface area contributed by atoms with E-state index in [0.717, 1.165) is 30.6 Å². The molecule has 1 aliphatic heterocycles. The van der Waals surface area contributed by atoms with E-state index in [1.807, 2.05) is 11.2 Å². The molecule has 2 aromatic carbocycles. The summed E-state index contributed by atoms with van der Waals surface area (Å²) in [4.78, 5) is 16.0. The van der Waals surface area contributed by atoms with Crippen molar-refractivity contribution in [2.24, 2.45) is 0 Å². The van der Waals surface area contributed by atoms with E-state index in [9.17, 15) is 13.2 Å². The van der Waals surface area contributed by atoms with Crippen molar-refractivity contribution in [2.75, 3.05) is 33.6 Å². The quantitative estimate of drug-likeness (QED) is 0.547. The molecule has 0 saturated carbocycles. The van der Waals surface area contributed by atoms with Crippen LogP contribution < -0.4 is 14.2 Å². The van der Waals surface area contributed by atoms with Crippen LogP contribution in [0.25, 0.3) is 0 Å². The van der Waals surface area contributed by atoms with Gasteiger partial charge in [-0.2, -0.15) is 0 Å². The van der Waals surface area contributed by atoms with Crippen molar-refractivity contribution < 1.29 is 22.7 Å². The molecule has 1 fully saturated rings. The number of nitrogens with zero attached hydrogens (tertiary/aromatic N) is 1. The van der Waals surface area contributed by atoms with E-state index in [1.54, 1.807) is 44.4 Å². The van der Waals surface area contributed by atoms with Gasteiger partial charge in [-0.25, -0.2) is 13.1 Å². The lowest BCUT2D eigenvalue weighted by atomic mass is 10.1. The number of hydrogen-bond acceptors (Lipinski definition) is 6. The standard InChI is InChI=1S/C24H32N2O5S2/c1-17(20-15-18(30-2)9-11-22(20)31-3)25-33(28,29)19-10-12-23(32-4)21(16-19)24(27)26-13-7-5-6-8-14-26/h9-12,15-17,25H,5-8,13-14H2,1-4H3/t17-/m1/s1. The number of amides is 1. The highest BCUT2D eigenvalue weighted by molar-refractivity contribution is 7.98. The molecule has 0 radical (unpaired) electrons. The number of hydrogen-bond donors (Lipinski definition) is 1. The molecule has 0 aliphatic carbocycles. The first kappa shape index (κ1) is 25.4. The fourth-order valence-corrected chi connectivity index (χ4v) is 5.83. The van der Waals surface area contributed by atoms with Crippen LogP contribution in [0.4, 0.5) is 0 Å². The molecule has 0 bridgehead atoms. The van der Waals surface area contributed by atoms with E-state index in [1.165, 1.54) is 24.9 Å². The fourth-order valence-electron chi connectivity index (χ4n) is 4.01. The summed E-state index contributed by atoms with van der Waals surface area (Å²) in [7, 11) is -0.809. The Morgan fingerprint density at radius 2 is 1.73 bits per heavy atom. The number of carbonyl (C=O) groups is 1. The molecule has 0 unspecified atom stereocenters. The maximum atomic E-state index is 13.3. The third-order valence-electron chi connectivity index (χ3n) is 5.84. The minimum atomic E-state index is -3.90. The van der Waals surface area contributed by atoms with Gasteiger partial charge in [0.2, 0.25) is 10.0 Å². The minimum absolute atomic E-state index is 0.0622. The van der Waals surface area contributed by atoms with E-state index in [-0.39, 0.29) is 10.8 Å². The first-order chi connectivity index (χ1) is 15.8. The van der Waals surface area contributed by atoms with Crippen LogP contribution in [0.5, 0.6) is 11.5 Å². The molecule has 3 rings (SSSR count). The molecule has 0 spiro atoms. The summed E-state index contributed by atoms with van der Waals surface area (Å²) in [6.45, 7) is 3.15. The van der Waals surface area contributed by atoms with Gasteiger partial charge in [-0.15, -0.1) is 11.8 Å². The van der Waals surface area contributed by atoms with Crippen LogP contribution in [0.2, 0.25) is 0 Å². The summed E-state index contributed by atoms with van der Waals surface area (Å²) in [5, 5.41) is 0. The third kappa shape index (κ3) is 6.02. The molecule has 2 aromatic rings. The predicted molar refractivity (Wildman–Crippen MR) is 131 cm³/mol. The summed E-state index contributed by atoms with van der Waals surface area (Å²) in [5.74, 6) is 1.05. The normalized spacial score (nSPS) is 15.6. The van der Waals surface area contributed by atoms with E-state index < -0.39 is 16.1 Å². The second-order valence-corrected chi connectivity index (χ2v) is 10.6.